The SMILES string of the molecule is CC(C)CN(CC1CCCN1)C1CCSC1. The van der Waals surface area contributed by atoms with Gasteiger partial charge in [-0.1, -0.05) is 13.8 Å². The Morgan fingerprint density at radius 3 is 2.81 bits per heavy atom. The zero-order valence-electron chi connectivity index (χ0n) is 10.7. The van der Waals surface area contributed by atoms with E-state index in [-0.39, 0.29) is 0 Å². The Morgan fingerprint density at radius 2 is 2.25 bits per heavy atom. The second-order valence-electron chi connectivity index (χ2n) is 5.66. The van der Waals surface area contributed by atoms with Crippen LogP contribution in [0.3, 0.4) is 0 Å². The lowest BCUT2D eigenvalue weighted by atomic mass is 10.1. The number of rotatable bonds is 5. The molecule has 2 unspecified atom stereocenters. The molecule has 0 bridgehead atoms. The van der Waals surface area contributed by atoms with Gasteiger partial charge in [0.15, 0.2) is 0 Å². The summed E-state index contributed by atoms with van der Waals surface area (Å²) in [7, 11) is 0. The summed E-state index contributed by atoms with van der Waals surface area (Å²) in [5, 5.41) is 3.64. The minimum absolute atomic E-state index is 0.768. The fraction of sp³-hybridized carbons (Fsp3) is 1.00. The predicted molar refractivity (Wildman–Crippen MR) is 73.2 cm³/mol. The lowest BCUT2D eigenvalue weighted by Gasteiger charge is -2.32. The van der Waals surface area contributed by atoms with Crippen molar-refractivity contribution in [1.29, 1.82) is 0 Å². The first-order valence-electron chi connectivity index (χ1n) is 6.81. The van der Waals surface area contributed by atoms with Crippen LogP contribution in [-0.2, 0) is 0 Å². The molecular weight excluding hydrogens is 216 g/mol. The molecule has 0 aromatic carbocycles. The third-order valence-electron chi connectivity index (χ3n) is 3.64. The molecule has 2 nitrogen and oxygen atoms in total. The number of nitrogens with one attached hydrogen (secondary N) is 1. The molecule has 0 aliphatic carbocycles. The fourth-order valence-electron chi connectivity index (χ4n) is 2.85. The predicted octanol–water partition coefficient (Wildman–Crippen LogP) is 2.20. The van der Waals surface area contributed by atoms with Gasteiger partial charge in [-0.25, -0.2) is 0 Å². The molecule has 2 fully saturated rings. The largest absolute Gasteiger partial charge is 0.313 e. The summed E-state index contributed by atoms with van der Waals surface area (Å²) in [6.07, 6.45) is 4.16. The average molecular weight is 242 g/mol. The Balaban J connectivity index is 1.85. The van der Waals surface area contributed by atoms with E-state index in [0.29, 0.717) is 0 Å². The van der Waals surface area contributed by atoms with Gasteiger partial charge in [-0.15, -0.1) is 0 Å². The molecule has 16 heavy (non-hydrogen) atoms. The van der Waals surface area contributed by atoms with Crippen molar-refractivity contribution in [2.75, 3.05) is 31.1 Å². The molecule has 0 spiro atoms. The van der Waals surface area contributed by atoms with E-state index in [1.165, 1.54) is 50.4 Å². The van der Waals surface area contributed by atoms with Gasteiger partial charge in [0.05, 0.1) is 0 Å². The molecule has 0 radical (unpaired) electrons. The average Bonchev–Trinajstić information content (AvgIpc) is 2.88. The molecule has 1 N–H and O–H groups in total. The van der Waals surface area contributed by atoms with Crippen LogP contribution in [0.4, 0.5) is 0 Å². The van der Waals surface area contributed by atoms with Crippen LogP contribution in [0, 0.1) is 5.92 Å². The van der Waals surface area contributed by atoms with Crippen molar-refractivity contribution in [1.82, 2.24) is 10.2 Å². The van der Waals surface area contributed by atoms with E-state index in [2.05, 4.69) is 35.8 Å². The normalized spacial score (nSPS) is 30.8. The van der Waals surface area contributed by atoms with Crippen LogP contribution >= 0.6 is 11.8 Å². The quantitative estimate of drug-likeness (QED) is 0.796. The van der Waals surface area contributed by atoms with Crippen molar-refractivity contribution in [3.63, 3.8) is 0 Å². The highest BCUT2D eigenvalue weighted by Crippen LogP contribution is 2.24. The van der Waals surface area contributed by atoms with Gasteiger partial charge in [0.1, 0.15) is 0 Å². The van der Waals surface area contributed by atoms with Crippen LogP contribution in [0.15, 0.2) is 0 Å². The van der Waals surface area contributed by atoms with Crippen molar-refractivity contribution in [3.05, 3.63) is 0 Å². The second kappa shape index (κ2) is 6.27. The first-order chi connectivity index (χ1) is 7.75. The van der Waals surface area contributed by atoms with E-state index in [1.807, 2.05) is 0 Å². The van der Waals surface area contributed by atoms with E-state index < -0.39 is 0 Å². The van der Waals surface area contributed by atoms with Crippen LogP contribution in [0.5, 0.6) is 0 Å². The Hall–Kier alpha value is 0.270. The third kappa shape index (κ3) is 3.64. The highest BCUT2D eigenvalue weighted by molar-refractivity contribution is 7.99. The summed E-state index contributed by atoms with van der Waals surface area (Å²) in [5.74, 6) is 3.53. The van der Waals surface area contributed by atoms with E-state index in [1.54, 1.807) is 0 Å². The Kier molecular flexibility index (Phi) is 4.98. The van der Waals surface area contributed by atoms with Gasteiger partial charge in [0, 0.05) is 30.9 Å². The Bertz CT molecular complexity index is 196. The molecule has 0 aromatic rings. The van der Waals surface area contributed by atoms with E-state index in [4.69, 9.17) is 0 Å². The molecule has 0 amide bonds. The number of thioether (sulfide) groups is 1. The summed E-state index contributed by atoms with van der Waals surface area (Å²) in [6.45, 7) is 8.49. The smallest absolute Gasteiger partial charge is 0.0195 e. The van der Waals surface area contributed by atoms with Crippen molar-refractivity contribution in [3.8, 4) is 0 Å². The van der Waals surface area contributed by atoms with E-state index in [0.717, 1.165) is 18.0 Å². The van der Waals surface area contributed by atoms with Crippen molar-refractivity contribution < 1.29 is 0 Å². The van der Waals surface area contributed by atoms with Crippen LogP contribution in [-0.4, -0.2) is 48.1 Å². The van der Waals surface area contributed by atoms with Crippen molar-refractivity contribution in [2.45, 2.75) is 45.2 Å². The van der Waals surface area contributed by atoms with Gasteiger partial charge in [-0.2, -0.15) is 11.8 Å². The van der Waals surface area contributed by atoms with Gasteiger partial charge in [0.2, 0.25) is 0 Å². The van der Waals surface area contributed by atoms with E-state index >= 15 is 0 Å². The summed E-state index contributed by atoms with van der Waals surface area (Å²) >= 11 is 2.13. The van der Waals surface area contributed by atoms with Gasteiger partial charge >= 0.3 is 0 Å². The molecule has 2 atom stereocenters. The molecule has 0 aromatic heterocycles. The maximum absolute atomic E-state index is 3.64. The zero-order chi connectivity index (χ0) is 11.4. The molecule has 0 saturated carbocycles. The highest BCUT2D eigenvalue weighted by Gasteiger charge is 2.26. The van der Waals surface area contributed by atoms with Gasteiger partial charge in [-0.05, 0) is 37.5 Å². The van der Waals surface area contributed by atoms with E-state index in [9.17, 15) is 0 Å². The van der Waals surface area contributed by atoms with Crippen molar-refractivity contribution in [2.24, 2.45) is 5.92 Å². The van der Waals surface area contributed by atoms with Gasteiger partial charge in [-0.3, -0.25) is 4.90 Å². The molecule has 2 rings (SSSR count). The summed E-state index contributed by atoms with van der Waals surface area (Å²) in [5.41, 5.74) is 0. The molecule has 2 heterocycles. The topological polar surface area (TPSA) is 15.3 Å². The van der Waals surface area contributed by atoms with Crippen LogP contribution in [0.1, 0.15) is 33.1 Å². The summed E-state index contributed by atoms with van der Waals surface area (Å²) in [6, 6.07) is 1.62. The molecule has 94 valence electrons. The van der Waals surface area contributed by atoms with Crippen LogP contribution in [0.2, 0.25) is 0 Å². The summed E-state index contributed by atoms with van der Waals surface area (Å²) in [4.78, 5) is 2.76. The molecular formula is C13H26N2S. The van der Waals surface area contributed by atoms with Crippen LogP contribution < -0.4 is 5.32 Å². The fourth-order valence-corrected chi connectivity index (χ4v) is 4.10. The van der Waals surface area contributed by atoms with Gasteiger partial charge in [0.25, 0.3) is 0 Å². The lowest BCUT2D eigenvalue weighted by Crippen LogP contribution is -2.45. The lowest BCUT2D eigenvalue weighted by molar-refractivity contribution is 0.174. The number of hydrogen-bond donors (Lipinski definition) is 1. The van der Waals surface area contributed by atoms with Crippen LogP contribution in [0.25, 0.3) is 0 Å². The minimum Gasteiger partial charge on any atom is -0.313 e. The molecule has 2 aliphatic heterocycles. The zero-order valence-corrected chi connectivity index (χ0v) is 11.6. The first kappa shape index (κ1) is 12.7. The third-order valence-corrected chi connectivity index (χ3v) is 4.78. The minimum atomic E-state index is 0.768. The monoisotopic (exact) mass is 242 g/mol. The maximum atomic E-state index is 3.64. The molecule has 2 saturated heterocycles. The Labute approximate surface area is 105 Å². The number of hydrogen-bond acceptors (Lipinski definition) is 3. The molecule has 3 heteroatoms. The first-order valence-corrected chi connectivity index (χ1v) is 7.96. The Morgan fingerprint density at radius 1 is 1.38 bits per heavy atom. The van der Waals surface area contributed by atoms with Crippen molar-refractivity contribution >= 4 is 11.8 Å². The summed E-state index contributed by atoms with van der Waals surface area (Å²) < 4.78 is 0. The molecule has 2 aliphatic rings. The van der Waals surface area contributed by atoms with Gasteiger partial charge < -0.3 is 5.32 Å². The standard InChI is InChI=1S/C13H26N2S/c1-11(2)8-15(13-5-7-16-10-13)9-12-4-3-6-14-12/h11-14H,3-10H2,1-2H3. The maximum Gasteiger partial charge on any atom is 0.0195 e. The number of nitrogens with zero attached hydrogens (tertiary/aromatic N) is 1. The second-order valence-corrected chi connectivity index (χ2v) is 6.81. The highest BCUT2D eigenvalue weighted by atomic mass is 32.2.